The standard InChI is InChI=1S/C15H24N4O2/c1-3-14-16-8-12(9-17-14)18-15(21)19(2)13-6-4-11(10-20)5-7-13/h8-9,11,13,20H,3-7,10H2,1-2H3,(H,18,21). The molecular weight excluding hydrogens is 268 g/mol. The maximum absolute atomic E-state index is 12.2. The van der Waals surface area contributed by atoms with Gasteiger partial charge in [0.2, 0.25) is 0 Å². The molecule has 1 aromatic rings. The minimum Gasteiger partial charge on any atom is -0.396 e. The van der Waals surface area contributed by atoms with Crippen molar-refractivity contribution in [2.45, 2.75) is 45.1 Å². The average Bonchev–Trinajstić information content (AvgIpc) is 2.55. The van der Waals surface area contributed by atoms with E-state index in [9.17, 15) is 4.79 Å². The number of anilines is 1. The summed E-state index contributed by atoms with van der Waals surface area (Å²) in [5.41, 5.74) is 0.619. The van der Waals surface area contributed by atoms with Gasteiger partial charge in [0.15, 0.2) is 0 Å². The highest BCUT2D eigenvalue weighted by Crippen LogP contribution is 2.26. The number of carbonyl (C=O) groups is 1. The number of nitrogens with one attached hydrogen (secondary N) is 1. The SMILES string of the molecule is CCc1ncc(NC(=O)N(C)C2CCC(CO)CC2)cn1. The van der Waals surface area contributed by atoms with Crippen LogP contribution in [0.4, 0.5) is 10.5 Å². The van der Waals surface area contributed by atoms with Gasteiger partial charge in [-0.3, -0.25) is 0 Å². The Balaban J connectivity index is 1.87. The molecule has 0 aromatic carbocycles. The van der Waals surface area contributed by atoms with Crippen molar-refractivity contribution in [3.8, 4) is 0 Å². The smallest absolute Gasteiger partial charge is 0.321 e. The fraction of sp³-hybridized carbons (Fsp3) is 0.667. The van der Waals surface area contributed by atoms with Crippen molar-refractivity contribution in [3.63, 3.8) is 0 Å². The Labute approximate surface area is 125 Å². The normalized spacial score (nSPS) is 21.9. The van der Waals surface area contributed by atoms with Crippen molar-refractivity contribution in [2.24, 2.45) is 5.92 Å². The molecule has 0 spiro atoms. The molecule has 1 aliphatic rings. The summed E-state index contributed by atoms with van der Waals surface area (Å²) in [6, 6.07) is 0.110. The van der Waals surface area contributed by atoms with E-state index in [1.165, 1.54) is 0 Å². The molecule has 21 heavy (non-hydrogen) atoms. The molecule has 0 bridgehead atoms. The van der Waals surface area contributed by atoms with Crippen LogP contribution >= 0.6 is 0 Å². The predicted octanol–water partition coefficient (Wildman–Crippen LogP) is 2.05. The maximum atomic E-state index is 12.2. The van der Waals surface area contributed by atoms with Crippen LogP contribution in [-0.4, -0.2) is 45.7 Å². The van der Waals surface area contributed by atoms with E-state index in [0.29, 0.717) is 11.6 Å². The number of aromatic nitrogens is 2. The molecule has 2 N–H and O–H groups in total. The zero-order valence-corrected chi connectivity index (χ0v) is 12.7. The Hall–Kier alpha value is -1.69. The second-order valence-electron chi connectivity index (χ2n) is 5.64. The Morgan fingerprint density at radius 2 is 1.95 bits per heavy atom. The van der Waals surface area contributed by atoms with Gasteiger partial charge in [0.05, 0.1) is 18.1 Å². The average molecular weight is 292 g/mol. The van der Waals surface area contributed by atoms with Gasteiger partial charge in [-0.1, -0.05) is 6.92 Å². The Morgan fingerprint density at radius 1 is 1.33 bits per heavy atom. The number of aliphatic hydroxyl groups excluding tert-OH is 1. The van der Waals surface area contributed by atoms with E-state index in [2.05, 4.69) is 15.3 Å². The monoisotopic (exact) mass is 292 g/mol. The molecule has 1 fully saturated rings. The van der Waals surface area contributed by atoms with E-state index < -0.39 is 0 Å². The molecule has 0 saturated heterocycles. The maximum Gasteiger partial charge on any atom is 0.321 e. The second-order valence-corrected chi connectivity index (χ2v) is 5.64. The largest absolute Gasteiger partial charge is 0.396 e. The molecule has 0 aliphatic heterocycles. The topological polar surface area (TPSA) is 78.4 Å². The van der Waals surface area contributed by atoms with Gasteiger partial charge < -0.3 is 15.3 Å². The molecule has 1 heterocycles. The fourth-order valence-corrected chi connectivity index (χ4v) is 2.69. The first kappa shape index (κ1) is 15.7. The molecule has 0 unspecified atom stereocenters. The van der Waals surface area contributed by atoms with Crippen molar-refractivity contribution < 1.29 is 9.90 Å². The molecule has 6 heteroatoms. The number of carbonyl (C=O) groups excluding carboxylic acids is 1. The number of amides is 2. The fourth-order valence-electron chi connectivity index (χ4n) is 2.69. The summed E-state index contributed by atoms with van der Waals surface area (Å²) >= 11 is 0. The molecule has 2 rings (SSSR count). The zero-order chi connectivity index (χ0) is 15.2. The van der Waals surface area contributed by atoms with Crippen LogP contribution in [-0.2, 0) is 6.42 Å². The Kier molecular flexibility index (Phi) is 5.50. The van der Waals surface area contributed by atoms with Crippen molar-refractivity contribution in [3.05, 3.63) is 18.2 Å². The van der Waals surface area contributed by atoms with Gasteiger partial charge in [-0.25, -0.2) is 14.8 Å². The number of hydrogen-bond donors (Lipinski definition) is 2. The van der Waals surface area contributed by atoms with E-state index in [4.69, 9.17) is 5.11 Å². The lowest BCUT2D eigenvalue weighted by atomic mass is 9.86. The number of nitrogens with zero attached hydrogens (tertiary/aromatic N) is 3. The first-order chi connectivity index (χ1) is 10.1. The number of aliphatic hydroxyl groups is 1. The summed E-state index contributed by atoms with van der Waals surface area (Å²) in [6.45, 7) is 2.24. The highest BCUT2D eigenvalue weighted by atomic mass is 16.3. The van der Waals surface area contributed by atoms with E-state index >= 15 is 0 Å². The summed E-state index contributed by atoms with van der Waals surface area (Å²) in [7, 11) is 1.82. The van der Waals surface area contributed by atoms with Crippen LogP contribution in [0.15, 0.2) is 12.4 Å². The van der Waals surface area contributed by atoms with Crippen molar-refractivity contribution in [2.75, 3.05) is 19.0 Å². The van der Waals surface area contributed by atoms with Gasteiger partial charge in [-0.2, -0.15) is 0 Å². The van der Waals surface area contributed by atoms with Gasteiger partial charge in [-0.15, -0.1) is 0 Å². The van der Waals surface area contributed by atoms with Crippen LogP contribution in [0.5, 0.6) is 0 Å². The lowest BCUT2D eigenvalue weighted by Crippen LogP contribution is -2.42. The molecule has 6 nitrogen and oxygen atoms in total. The van der Waals surface area contributed by atoms with Crippen LogP contribution in [0.1, 0.15) is 38.4 Å². The van der Waals surface area contributed by atoms with Gasteiger partial charge >= 0.3 is 6.03 Å². The van der Waals surface area contributed by atoms with Crippen LogP contribution in [0.2, 0.25) is 0 Å². The van der Waals surface area contributed by atoms with E-state index in [1.54, 1.807) is 17.3 Å². The highest BCUT2D eigenvalue weighted by Gasteiger charge is 2.26. The second kappa shape index (κ2) is 7.36. The predicted molar refractivity (Wildman–Crippen MR) is 81.0 cm³/mol. The molecule has 1 saturated carbocycles. The number of hydrogen-bond acceptors (Lipinski definition) is 4. The first-order valence-electron chi connectivity index (χ1n) is 7.59. The van der Waals surface area contributed by atoms with Crippen LogP contribution < -0.4 is 5.32 Å². The molecule has 2 amide bonds. The van der Waals surface area contributed by atoms with Crippen LogP contribution in [0.25, 0.3) is 0 Å². The molecule has 0 atom stereocenters. The van der Waals surface area contributed by atoms with Crippen LogP contribution in [0, 0.1) is 5.92 Å². The van der Waals surface area contributed by atoms with Gasteiger partial charge in [0.1, 0.15) is 5.82 Å². The number of aryl methyl sites for hydroxylation is 1. The quantitative estimate of drug-likeness (QED) is 0.890. The van der Waals surface area contributed by atoms with Gasteiger partial charge in [0, 0.05) is 26.1 Å². The summed E-state index contributed by atoms with van der Waals surface area (Å²) in [5, 5.41) is 12.0. The van der Waals surface area contributed by atoms with Crippen molar-refractivity contribution in [1.82, 2.24) is 14.9 Å². The van der Waals surface area contributed by atoms with E-state index in [-0.39, 0.29) is 18.7 Å². The molecule has 1 aliphatic carbocycles. The highest BCUT2D eigenvalue weighted by molar-refractivity contribution is 5.88. The summed E-state index contributed by atoms with van der Waals surface area (Å²) in [4.78, 5) is 22.3. The molecule has 116 valence electrons. The van der Waals surface area contributed by atoms with Crippen molar-refractivity contribution >= 4 is 11.7 Å². The zero-order valence-electron chi connectivity index (χ0n) is 12.7. The minimum atomic E-state index is -0.129. The van der Waals surface area contributed by atoms with E-state index in [1.807, 2.05) is 14.0 Å². The third kappa shape index (κ3) is 4.14. The molecule has 1 aromatic heterocycles. The first-order valence-corrected chi connectivity index (χ1v) is 7.59. The summed E-state index contributed by atoms with van der Waals surface area (Å²) in [5.74, 6) is 1.16. The summed E-state index contributed by atoms with van der Waals surface area (Å²) < 4.78 is 0. The molecular formula is C15H24N4O2. The van der Waals surface area contributed by atoms with Crippen molar-refractivity contribution in [1.29, 1.82) is 0 Å². The third-order valence-electron chi connectivity index (χ3n) is 4.22. The Morgan fingerprint density at radius 3 is 2.48 bits per heavy atom. The van der Waals surface area contributed by atoms with Gasteiger partial charge in [-0.05, 0) is 31.6 Å². The molecule has 0 radical (unpaired) electrons. The number of rotatable bonds is 4. The Bertz CT molecular complexity index is 455. The van der Waals surface area contributed by atoms with E-state index in [0.717, 1.165) is 37.9 Å². The lowest BCUT2D eigenvalue weighted by molar-refractivity contribution is 0.139. The third-order valence-corrected chi connectivity index (χ3v) is 4.22. The van der Waals surface area contributed by atoms with Gasteiger partial charge in [0.25, 0.3) is 0 Å². The summed E-state index contributed by atoms with van der Waals surface area (Å²) in [6.07, 6.45) is 7.91. The minimum absolute atomic E-state index is 0.129. The lowest BCUT2D eigenvalue weighted by Gasteiger charge is -2.34. The van der Waals surface area contributed by atoms with Crippen LogP contribution in [0.3, 0.4) is 0 Å². The number of urea groups is 1.